The quantitative estimate of drug-likeness (QED) is 0.568. The van der Waals surface area contributed by atoms with Crippen LogP contribution in [0.3, 0.4) is 0 Å². The predicted octanol–water partition coefficient (Wildman–Crippen LogP) is 2.99. The molecular formula is C14H31NO2. The summed E-state index contributed by atoms with van der Waals surface area (Å²) >= 11 is 0. The van der Waals surface area contributed by atoms with Gasteiger partial charge in [-0.05, 0) is 46.6 Å². The van der Waals surface area contributed by atoms with E-state index in [4.69, 9.17) is 9.47 Å². The van der Waals surface area contributed by atoms with Gasteiger partial charge in [-0.2, -0.15) is 0 Å². The lowest BCUT2D eigenvalue weighted by molar-refractivity contribution is 0.0453. The van der Waals surface area contributed by atoms with Gasteiger partial charge in [0.05, 0.1) is 13.2 Å². The van der Waals surface area contributed by atoms with Crippen molar-refractivity contribution < 1.29 is 9.47 Å². The number of hydrogen-bond donors (Lipinski definition) is 1. The van der Waals surface area contributed by atoms with Gasteiger partial charge in [-0.1, -0.05) is 13.3 Å². The zero-order valence-corrected chi connectivity index (χ0v) is 12.2. The summed E-state index contributed by atoms with van der Waals surface area (Å²) < 4.78 is 10.9. The van der Waals surface area contributed by atoms with Crippen LogP contribution < -0.4 is 5.32 Å². The van der Waals surface area contributed by atoms with E-state index in [1.54, 1.807) is 0 Å². The second-order valence-corrected chi connectivity index (χ2v) is 5.46. The number of unbranched alkanes of at least 4 members (excludes halogenated alkanes) is 2. The third kappa shape index (κ3) is 15.9. The zero-order valence-electron chi connectivity index (χ0n) is 12.2. The van der Waals surface area contributed by atoms with Gasteiger partial charge in [0.15, 0.2) is 0 Å². The number of rotatable bonds is 11. The Balaban J connectivity index is 2.99. The first-order valence-corrected chi connectivity index (χ1v) is 6.97. The molecule has 0 heterocycles. The van der Waals surface area contributed by atoms with Gasteiger partial charge in [0, 0.05) is 18.8 Å². The van der Waals surface area contributed by atoms with E-state index in [1.807, 2.05) is 0 Å². The van der Waals surface area contributed by atoms with Gasteiger partial charge in [0.25, 0.3) is 0 Å². The van der Waals surface area contributed by atoms with Gasteiger partial charge in [-0.3, -0.25) is 0 Å². The van der Waals surface area contributed by atoms with E-state index in [0.717, 1.165) is 45.8 Å². The van der Waals surface area contributed by atoms with Gasteiger partial charge < -0.3 is 14.8 Å². The Morgan fingerprint density at radius 3 is 1.94 bits per heavy atom. The molecule has 0 aliphatic carbocycles. The lowest BCUT2D eigenvalue weighted by atomic mass is 10.1. The summed E-state index contributed by atoms with van der Waals surface area (Å²) in [6, 6.07) is 0. The van der Waals surface area contributed by atoms with Crippen LogP contribution in [0.2, 0.25) is 0 Å². The van der Waals surface area contributed by atoms with Crippen molar-refractivity contribution in [2.45, 2.75) is 58.9 Å². The molecule has 104 valence electrons. The molecule has 3 heteroatoms. The largest absolute Gasteiger partial charge is 0.379 e. The minimum atomic E-state index is 0.230. The average molecular weight is 245 g/mol. The second kappa shape index (κ2) is 11.0. The number of hydrogen-bond acceptors (Lipinski definition) is 3. The second-order valence-electron chi connectivity index (χ2n) is 5.46. The molecule has 0 aromatic heterocycles. The van der Waals surface area contributed by atoms with Crippen LogP contribution >= 0.6 is 0 Å². The molecule has 0 saturated carbocycles. The molecule has 0 aliphatic heterocycles. The zero-order chi connectivity index (χ0) is 13.0. The molecule has 0 bridgehead atoms. The maximum atomic E-state index is 5.49. The third-order valence-corrected chi connectivity index (χ3v) is 2.39. The molecule has 0 aliphatic rings. The van der Waals surface area contributed by atoms with Crippen molar-refractivity contribution in [1.29, 1.82) is 0 Å². The third-order valence-electron chi connectivity index (χ3n) is 2.39. The van der Waals surface area contributed by atoms with Crippen LogP contribution in [0.25, 0.3) is 0 Å². The Hall–Kier alpha value is -0.120. The van der Waals surface area contributed by atoms with Crippen molar-refractivity contribution in [2.75, 3.05) is 33.0 Å². The molecule has 0 aromatic carbocycles. The van der Waals surface area contributed by atoms with E-state index in [1.165, 1.54) is 12.8 Å². The summed E-state index contributed by atoms with van der Waals surface area (Å²) in [5, 5.41) is 3.47. The molecule has 0 aromatic rings. The molecule has 3 nitrogen and oxygen atoms in total. The normalized spacial score (nSPS) is 12.0. The molecule has 0 atom stereocenters. The fourth-order valence-electron chi connectivity index (χ4n) is 1.36. The first kappa shape index (κ1) is 16.9. The van der Waals surface area contributed by atoms with E-state index in [0.29, 0.717) is 0 Å². The maximum Gasteiger partial charge on any atom is 0.0700 e. The minimum Gasteiger partial charge on any atom is -0.379 e. The first-order valence-electron chi connectivity index (χ1n) is 6.97. The topological polar surface area (TPSA) is 30.5 Å². The van der Waals surface area contributed by atoms with Crippen LogP contribution in [0.4, 0.5) is 0 Å². The van der Waals surface area contributed by atoms with Crippen molar-refractivity contribution >= 4 is 0 Å². The van der Waals surface area contributed by atoms with Crippen molar-refractivity contribution in [2.24, 2.45) is 0 Å². The van der Waals surface area contributed by atoms with E-state index >= 15 is 0 Å². The predicted molar refractivity (Wildman–Crippen MR) is 73.5 cm³/mol. The fourth-order valence-corrected chi connectivity index (χ4v) is 1.36. The van der Waals surface area contributed by atoms with Crippen LogP contribution in [0.5, 0.6) is 0 Å². The molecule has 0 rings (SSSR count). The molecule has 0 saturated heterocycles. The van der Waals surface area contributed by atoms with E-state index in [9.17, 15) is 0 Å². The highest BCUT2D eigenvalue weighted by molar-refractivity contribution is 4.69. The van der Waals surface area contributed by atoms with E-state index in [2.05, 4.69) is 33.0 Å². The molecule has 0 spiro atoms. The molecule has 1 N–H and O–H groups in total. The summed E-state index contributed by atoms with van der Waals surface area (Å²) in [7, 11) is 0. The summed E-state index contributed by atoms with van der Waals surface area (Å²) in [5.41, 5.74) is 0.230. The van der Waals surface area contributed by atoms with Gasteiger partial charge in [-0.25, -0.2) is 0 Å². The minimum absolute atomic E-state index is 0.230. The average Bonchev–Trinajstić information content (AvgIpc) is 2.24. The Morgan fingerprint density at radius 1 is 0.824 bits per heavy atom. The van der Waals surface area contributed by atoms with Crippen molar-refractivity contribution in [3.8, 4) is 0 Å². The van der Waals surface area contributed by atoms with Crippen LogP contribution in [-0.4, -0.2) is 38.5 Å². The molecule has 0 amide bonds. The summed E-state index contributed by atoms with van der Waals surface area (Å²) in [5.74, 6) is 0. The molecule has 17 heavy (non-hydrogen) atoms. The van der Waals surface area contributed by atoms with Crippen molar-refractivity contribution in [3.63, 3.8) is 0 Å². The standard InChI is InChI=1S/C14H31NO2/c1-5-6-10-16-12-13-17-11-8-7-9-15-14(2,3)4/h15H,5-13H2,1-4H3. The summed E-state index contributed by atoms with van der Waals surface area (Å²) in [6.45, 7) is 13.0. The van der Waals surface area contributed by atoms with Crippen molar-refractivity contribution in [1.82, 2.24) is 5.32 Å². The Labute approximate surface area is 107 Å². The fraction of sp³-hybridized carbons (Fsp3) is 1.00. The van der Waals surface area contributed by atoms with Crippen molar-refractivity contribution in [3.05, 3.63) is 0 Å². The monoisotopic (exact) mass is 245 g/mol. The first-order chi connectivity index (χ1) is 8.06. The molecule has 0 unspecified atom stereocenters. The smallest absolute Gasteiger partial charge is 0.0700 e. The molecule has 0 fully saturated rings. The Kier molecular flexibility index (Phi) is 10.9. The highest BCUT2D eigenvalue weighted by Crippen LogP contribution is 1.99. The lowest BCUT2D eigenvalue weighted by Crippen LogP contribution is -2.36. The van der Waals surface area contributed by atoms with Gasteiger partial charge in [0.2, 0.25) is 0 Å². The van der Waals surface area contributed by atoms with Crippen LogP contribution in [0, 0.1) is 0 Å². The number of ether oxygens (including phenoxy) is 2. The summed E-state index contributed by atoms with van der Waals surface area (Å²) in [4.78, 5) is 0. The van der Waals surface area contributed by atoms with Gasteiger partial charge in [-0.15, -0.1) is 0 Å². The van der Waals surface area contributed by atoms with Crippen LogP contribution in [0.1, 0.15) is 53.4 Å². The van der Waals surface area contributed by atoms with E-state index in [-0.39, 0.29) is 5.54 Å². The summed E-state index contributed by atoms with van der Waals surface area (Å²) in [6.07, 6.45) is 4.64. The van der Waals surface area contributed by atoms with Gasteiger partial charge in [0.1, 0.15) is 0 Å². The van der Waals surface area contributed by atoms with Crippen LogP contribution in [0.15, 0.2) is 0 Å². The Morgan fingerprint density at radius 2 is 1.41 bits per heavy atom. The van der Waals surface area contributed by atoms with Crippen LogP contribution in [-0.2, 0) is 9.47 Å². The molecule has 0 radical (unpaired) electrons. The Bertz CT molecular complexity index is 155. The highest BCUT2D eigenvalue weighted by Gasteiger charge is 2.06. The number of nitrogens with one attached hydrogen (secondary N) is 1. The SMILES string of the molecule is CCCCOCCOCCCCNC(C)(C)C. The van der Waals surface area contributed by atoms with E-state index < -0.39 is 0 Å². The maximum absolute atomic E-state index is 5.49. The molecular weight excluding hydrogens is 214 g/mol. The lowest BCUT2D eigenvalue weighted by Gasteiger charge is -2.20. The van der Waals surface area contributed by atoms with Gasteiger partial charge >= 0.3 is 0 Å². The highest BCUT2D eigenvalue weighted by atomic mass is 16.5.